The van der Waals surface area contributed by atoms with Crippen molar-refractivity contribution in [1.82, 2.24) is 0 Å². The highest BCUT2D eigenvalue weighted by Gasteiger charge is 2.65. The molecule has 0 amide bonds. The molecule has 0 bridgehead atoms. The minimum Gasteiger partial charge on any atom is -0.479 e. The first-order valence-corrected chi connectivity index (χ1v) is 27.7. The molecule has 85 heavy (non-hydrogen) atoms. The molecule has 0 spiro atoms. The number of hydrogen-bond donors (Lipinski definition) is 18. The Bertz CT molecular complexity index is 2110. The summed E-state index contributed by atoms with van der Waals surface area (Å²) < 4.78 is 101. The van der Waals surface area contributed by atoms with Crippen LogP contribution in [0.25, 0.3) is 0 Å². The van der Waals surface area contributed by atoms with E-state index in [-0.39, 0.29) is 0 Å². The Balaban J connectivity index is 1.17. The maximum Gasteiger partial charge on any atom is 0.341 e. The maximum atomic E-state index is 13.1. The molecular formula is C49H82O36. The van der Waals surface area contributed by atoms with E-state index >= 15 is 0 Å². The van der Waals surface area contributed by atoms with Crippen molar-refractivity contribution in [2.45, 2.75) is 275 Å². The first kappa shape index (κ1) is 69.0. The van der Waals surface area contributed by atoms with Crippen molar-refractivity contribution in [3.63, 3.8) is 0 Å². The Morgan fingerprint density at radius 1 is 0.459 bits per heavy atom. The molecule has 8 aliphatic heterocycles. The number of carboxylic acid groups (broad SMARTS) is 1. The standard InChI is InChI=1S/C49H82O36/c1-11-20(54)24(58)27(61)41(72-11)79-32-17(53)10-70-43(38(32)84-45-36(25(59)21(55)12(2)73-45)82-42-26(60)23(57)18(8-50)77-42)80-33-19(9-51)78-46(37(29(33)63)83-44-35(69-7)28(62)31(14(4)74-44)76-16(6)52)85-39-47(75-15(5)49(39,68)48(66)67)81-34-22(56)13(3)71-40(65)30(34)64/h11-47,50-65,68H,8-10H2,1-7H3,(H,66,67)/t11-,12-,13-,14-,15+,16+,17-,18-,19+,20-,21-,22-,23-,24+,25+,26+,27+,28+,29-,30+,31+,32-,33-,34+,35-,36+,37+,38+,39-,40+,41-,42+,43-,44-,45-,46-,47+,49-/m0/s1. The van der Waals surface area contributed by atoms with Gasteiger partial charge in [-0.15, -0.1) is 0 Å². The second kappa shape index (κ2) is 28.3. The molecule has 0 aromatic heterocycles. The van der Waals surface area contributed by atoms with E-state index in [1.165, 1.54) is 34.6 Å². The third-order valence-corrected chi connectivity index (χ3v) is 16.5. The Kier molecular flexibility index (Phi) is 23.0. The van der Waals surface area contributed by atoms with Gasteiger partial charge in [-0.1, -0.05) is 0 Å². The fraction of sp³-hybridized carbons (Fsp3) is 0.980. The van der Waals surface area contributed by atoms with Crippen LogP contribution in [0.3, 0.4) is 0 Å². The third-order valence-electron chi connectivity index (χ3n) is 16.5. The van der Waals surface area contributed by atoms with Crippen LogP contribution in [-0.4, -0.2) is 358 Å². The topological polar surface area (TPSA) is 538 Å². The lowest BCUT2D eigenvalue weighted by Gasteiger charge is -2.51. The second-order valence-corrected chi connectivity index (χ2v) is 22.3. The van der Waals surface area contributed by atoms with E-state index < -0.39 is 259 Å². The van der Waals surface area contributed by atoms with Gasteiger partial charge < -0.3 is 172 Å². The van der Waals surface area contributed by atoms with Crippen LogP contribution >= 0.6 is 0 Å². The van der Waals surface area contributed by atoms with Crippen LogP contribution in [0.4, 0.5) is 0 Å². The molecule has 0 saturated carbocycles. The van der Waals surface area contributed by atoms with Gasteiger partial charge in [0.05, 0.1) is 44.2 Å². The fourth-order valence-electron chi connectivity index (χ4n) is 11.4. The summed E-state index contributed by atoms with van der Waals surface area (Å²) >= 11 is 0. The highest BCUT2D eigenvalue weighted by atomic mass is 16.8. The fourth-order valence-corrected chi connectivity index (χ4v) is 11.4. The molecule has 8 rings (SSSR count). The highest BCUT2D eigenvalue weighted by molar-refractivity contribution is 5.79. The van der Waals surface area contributed by atoms with Gasteiger partial charge in [-0.05, 0) is 41.5 Å². The van der Waals surface area contributed by atoms with E-state index in [2.05, 4.69) is 0 Å². The molecule has 0 radical (unpaired) electrons. The minimum atomic E-state index is -3.16. The van der Waals surface area contributed by atoms with E-state index in [1.54, 1.807) is 0 Å². The lowest BCUT2D eigenvalue weighted by molar-refractivity contribution is -0.411. The molecule has 36 heteroatoms. The summed E-state index contributed by atoms with van der Waals surface area (Å²) in [5.74, 6) is -2.00. The number of ether oxygens (including phenoxy) is 17. The molecular weight excluding hydrogens is 1160 g/mol. The quantitative estimate of drug-likeness (QED) is 0.0503. The third kappa shape index (κ3) is 13.8. The van der Waals surface area contributed by atoms with Crippen LogP contribution in [0.15, 0.2) is 0 Å². The lowest BCUT2D eigenvalue weighted by atomic mass is 9.92. The average molecular weight is 1250 g/mol. The van der Waals surface area contributed by atoms with Crippen molar-refractivity contribution in [3.05, 3.63) is 0 Å². The van der Waals surface area contributed by atoms with Gasteiger partial charge in [-0.3, -0.25) is 0 Å². The number of rotatable bonds is 20. The van der Waals surface area contributed by atoms with Gasteiger partial charge in [-0.2, -0.15) is 0 Å². The predicted octanol–water partition coefficient (Wildman–Crippen LogP) is -10.9. The Labute approximate surface area is 484 Å². The Morgan fingerprint density at radius 3 is 1.55 bits per heavy atom. The summed E-state index contributed by atoms with van der Waals surface area (Å²) in [7, 11) is 1.11. The van der Waals surface area contributed by atoms with Gasteiger partial charge in [0.15, 0.2) is 62.7 Å². The second-order valence-electron chi connectivity index (χ2n) is 22.3. The minimum absolute atomic E-state index is 0.790. The van der Waals surface area contributed by atoms with Crippen LogP contribution < -0.4 is 0 Å². The van der Waals surface area contributed by atoms with Crippen molar-refractivity contribution >= 4 is 5.97 Å². The van der Waals surface area contributed by atoms with E-state index in [9.17, 15) is 96.7 Å². The zero-order chi connectivity index (χ0) is 62.6. The molecule has 36 nitrogen and oxygen atoms in total. The monoisotopic (exact) mass is 1250 g/mol. The number of aliphatic carboxylic acids is 1. The van der Waals surface area contributed by atoms with E-state index in [0.29, 0.717) is 0 Å². The van der Waals surface area contributed by atoms with Crippen molar-refractivity contribution in [2.75, 3.05) is 26.9 Å². The van der Waals surface area contributed by atoms with Gasteiger partial charge >= 0.3 is 5.97 Å². The summed E-state index contributed by atoms with van der Waals surface area (Å²) in [6.45, 7) is 4.87. The van der Waals surface area contributed by atoms with Crippen molar-refractivity contribution in [2.24, 2.45) is 0 Å². The number of aliphatic hydroxyl groups excluding tert-OH is 16. The van der Waals surface area contributed by atoms with E-state index in [0.717, 1.165) is 14.0 Å². The van der Waals surface area contributed by atoms with E-state index in [1.807, 2.05) is 0 Å². The molecule has 0 aromatic rings. The summed E-state index contributed by atoms with van der Waals surface area (Å²) in [6.07, 6.45) is -67.5. The van der Waals surface area contributed by atoms with Crippen molar-refractivity contribution in [1.29, 1.82) is 0 Å². The van der Waals surface area contributed by atoms with Crippen LogP contribution in [0.2, 0.25) is 0 Å². The summed E-state index contributed by atoms with van der Waals surface area (Å²) in [6, 6.07) is 0. The number of carboxylic acids is 1. The molecule has 494 valence electrons. The van der Waals surface area contributed by atoms with E-state index in [4.69, 9.17) is 80.5 Å². The van der Waals surface area contributed by atoms with Crippen LogP contribution in [-0.2, 0) is 85.3 Å². The van der Waals surface area contributed by atoms with Gasteiger partial charge in [0.25, 0.3) is 0 Å². The summed E-state index contributed by atoms with van der Waals surface area (Å²) in [5, 5.41) is 198. The zero-order valence-corrected chi connectivity index (χ0v) is 46.9. The Hall–Kier alpha value is -1.89. The average Bonchev–Trinajstić information content (AvgIpc) is 1.90. The van der Waals surface area contributed by atoms with Crippen LogP contribution in [0.5, 0.6) is 0 Å². The summed E-state index contributed by atoms with van der Waals surface area (Å²) in [5.41, 5.74) is -3.16. The molecule has 0 aromatic carbocycles. The molecule has 8 fully saturated rings. The van der Waals surface area contributed by atoms with Gasteiger partial charge in [0.1, 0.15) is 140 Å². The smallest absolute Gasteiger partial charge is 0.341 e. The number of aliphatic hydroxyl groups is 17. The number of methoxy groups -OCH3 is 1. The van der Waals surface area contributed by atoms with Crippen molar-refractivity contribution in [3.8, 4) is 0 Å². The maximum absolute atomic E-state index is 13.1. The van der Waals surface area contributed by atoms with Gasteiger partial charge in [0, 0.05) is 7.11 Å². The molecule has 38 atom stereocenters. The molecule has 8 saturated heterocycles. The molecule has 0 unspecified atom stereocenters. The molecule has 8 aliphatic rings. The number of carbonyl (C=O) groups is 1. The Morgan fingerprint density at radius 2 is 0.941 bits per heavy atom. The number of hydrogen-bond acceptors (Lipinski definition) is 35. The van der Waals surface area contributed by atoms with Gasteiger partial charge in [0.2, 0.25) is 5.60 Å². The van der Waals surface area contributed by atoms with Crippen molar-refractivity contribution < 1.29 is 177 Å². The molecule has 8 heterocycles. The predicted molar refractivity (Wildman–Crippen MR) is 261 cm³/mol. The van der Waals surface area contributed by atoms with Crippen LogP contribution in [0, 0.1) is 0 Å². The van der Waals surface area contributed by atoms with Gasteiger partial charge in [-0.25, -0.2) is 4.79 Å². The largest absolute Gasteiger partial charge is 0.479 e. The summed E-state index contributed by atoms with van der Waals surface area (Å²) in [4.78, 5) is 13.1. The van der Waals surface area contributed by atoms with Crippen LogP contribution in [0.1, 0.15) is 41.5 Å². The zero-order valence-electron chi connectivity index (χ0n) is 46.9. The highest BCUT2D eigenvalue weighted by Crippen LogP contribution is 2.42. The molecule has 0 aliphatic carbocycles. The lowest BCUT2D eigenvalue weighted by Crippen LogP contribution is -2.68. The molecule has 18 N–H and O–H groups in total. The SMILES string of the molecule is CO[C@@H]1[C@H](O[C@H]2[C@H](O[C@H]3[C@@H](O[C@@H]4[C@@H](O)[C@H](C)O[C@@H](O)[C@@H]4O)O[C@H](C)[C@@]3(O)C(=O)O)O[C@H](CO)[C@H](O[C@@H]3OC[C@H](O)[C@H](O[C@@H]4O[C@@H](C)[C@H](O)[C@@H](O)[C@H]4O)[C@H]3O[C@@H]3O[C@@H](C)[C@H](O)[C@@H](O)[C@H]3O[C@H]3O[C@@H](CO)[C@H](O)[C@H]3O)[C@@H]2O)O[C@@H](C)[C@@H](O[C@H](C)O)[C@H]1O. The first-order valence-electron chi connectivity index (χ1n) is 27.7. The normalized spacial score (nSPS) is 53.8. The first-order chi connectivity index (χ1) is 40.0.